The van der Waals surface area contributed by atoms with Crippen LogP contribution in [0, 0.1) is 6.92 Å². The molecule has 0 saturated carbocycles. The fourth-order valence-corrected chi connectivity index (χ4v) is 2.57. The fraction of sp³-hybridized carbons (Fsp3) is 0.182. The van der Waals surface area contributed by atoms with E-state index in [4.69, 9.17) is 0 Å². The molecule has 1 aromatic heterocycles. The second-order valence-electron chi connectivity index (χ2n) is 4.17. The maximum atomic E-state index is 12.6. The lowest BCUT2D eigenvalue weighted by atomic mass is 10.2. The highest BCUT2D eigenvalue weighted by Crippen LogP contribution is 2.35. The molecular weight excluding hydrogens is 311 g/mol. The number of imidazole rings is 1. The molecule has 0 atom stereocenters. The molecule has 114 valence electrons. The van der Waals surface area contributed by atoms with Gasteiger partial charge in [0.05, 0.1) is 17.4 Å². The summed E-state index contributed by atoms with van der Waals surface area (Å²) in [4.78, 5) is 6.12. The standard InChI is InChI=1S/C11H10F3N3O3S/c1-6-15-5-10(16-6)21(19,20)17-8-4-7(11(12,13)14)2-3-9(8)18/h2-5,17-18H,1H3,(H,15,16). The first-order chi connectivity index (χ1) is 9.59. The molecule has 1 heterocycles. The number of aryl methyl sites for hydroxylation is 1. The molecule has 0 amide bonds. The number of benzene rings is 1. The number of H-pyrrole nitrogens is 1. The normalized spacial score (nSPS) is 12.4. The molecule has 0 aliphatic heterocycles. The first kappa shape index (κ1) is 15.2. The molecule has 0 radical (unpaired) electrons. The monoisotopic (exact) mass is 321 g/mol. The second-order valence-corrected chi connectivity index (χ2v) is 5.82. The summed E-state index contributed by atoms with van der Waals surface area (Å²) in [6.07, 6.45) is -3.64. The molecule has 0 fully saturated rings. The quantitative estimate of drug-likeness (QED) is 0.756. The highest BCUT2D eigenvalue weighted by molar-refractivity contribution is 7.92. The van der Waals surface area contributed by atoms with Gasteiger partial charge >= 0.3 is 6.18 Å². The fourth-order valence-electron chi connectivity index (χ4n) is 1.53. The van der Waals surface area contributed by atoms with E-state index in [1.54, 1.807) is 0 Å². The van der Waals surface area contributed by atoms with Gasteiger partial charge in [0.2, 0.25) is 0 Å². The van der Waals surface area contributed by atoms with E-state index in [1.165, 1.54) is 6.92 Å². The van der Waals surface area contributed by atoms with Gasteiger partial charge in [0.1, 0.15) is 11.6 Å². The Kier molecular flexibility index (Phi) is 3.58. The van der Waals surface area contributed by atoms with E-state index in [2.05, 4.69) is 9.97 Å². The van der Waals surface area contributed by atoms with Crippen LogP contribution in [-0.2, 0) is 16.2 Å². The number of halogens is 3. The highest BCUT2D eigenvalue weighted by atomic mass is 32.2. The zero-order chi connectivity index (χ0) is 15.8. The number of anilines is 1. The predicted molar refractivity (Wildman–Crippen MR) is 67.2 cm³/mol. The van der Waals surface area contributed by atoms with Crippen molar-refractivity contribution in [2.75, 3.05) is 4.72 Å². The van der Waals surface area contributed by atoms with E-state index >= 15 is 0 Å². The molecule has 0 aliphatic rings. The Morgan fingerprint density at radius 2 is 2.00 bits per heavy atom. The maximum Gasteiger partial charge on any atom is 0.416 e. The average molecular weight is 321 g/mol. The van der Waals surface area contributed by atoms with E-state index < -0.39 is 33.2 Å². The van der Waals surface area contributed by atoms with Gasteiger partial charge in [0.25, 0.3) is 10.0 Å². The van der Waals surface area contributed by atoms with Crippen LogP contribution >= 0.6 is 0 Å². The van der Waals surface area contributed by atoms with Gasteiger partial charge in [-0.3, -0.25) is 4.72 Å². The van der Waals surface area contributed by atoms with Crippen LogP contribution in [-0.4, -0.2) is 23.5 Å². The Bertz CT molecular complexity index is 769. The minimum atomic E-state index is -4.65. The summed E-state index contributed by atoms with van der Waals surface area (Å²) < 4.78 is 63.5. The molecule has 21 heavy (non-hydrogen) atoms. The van der Waals surface area contributed by atoms with Crippen LogP contribution in [0.2, 0.25) is 0 Å². The Morgan fingerprint density at radius 3 is 2.52 bits per heavy atom. The number of sulfonamides is 1. The van der Waals surface area contributed by atoms with Crippen molar-refractivity contribution < 1.29 is 26.7 Å². The van der Waals surface area contributed by atoms with Crippen LogP contribution in [0.25, 0.3) is 0 Å². The Morgan fingerprint density at radius 1 is 1.33 bits per heavy atom. The van der Waals surface area contributed by atoms with Crippen molar-refractivity contribution in [2.45, 2.75) is 18.1 Å². The van der Waals surface area contributed by atoms with Crippen LogP contribution in [0.4, 0.5) is 18.9 Å². The number of aromatic hydroxyl groups is 1. The van der Waals surface area contributed by atoms with Gasteiger partial charge in [-0.25, -0.2) is 4.98 Å². The third-order valence-corrected chi connectivity index (χ3v) is 3.81. The third-order valence-electron chi connectivity index (χ3n) is 2.54. The molecule has 0 aliphatic carbocycles. The summed E-state index contributed by atoms with van der Waals surface area (Å²) in [5, 5.41) is 9.17. The van der Waals surface area contributed by atoms with Crippen molar-refractivity contribution in [1.82, 2.24) is 9.97 Å². The molecule has 3 N–H and O–H groups in total. The highest BCUT2D eigenvalue weighted by Gasteiger charge is 2.31. The topological polar surface area (TPSA) is 95.1 Å². The Labute approximate surface area is 117 Å². The van der Waals surface area contributed by atoms with Gasteiger partial charge in [-0.1, -0.05) is 0 Å². The van der Waals surface area contributed by atoms with Crippen molar-refractivity contribution in [2.24, 2.45) is 0 Å². The Balaban J connectivity index is 2.39. The summed E-state index contributed by atoms with van der Waals surface area (Å²) in [5.41, 5.74) is -1.66. The molecule has 0 spiro atoms. The van der Waals surface area contributed by atoms with Crippen LogP contribution < -0.4 is 4.72 Å². The van der Waals surface area contributed by atoms with Gasteiger partial charge in [-0.05, 0) is 25.1 Å². The molecule has 0 bridgehead atoms. The summed E-state index contributed by atoms with van der Waals surface area (Å²) in [5.74, 6) is -0.300. The number of nitrogens with one attached hydrogen (secondary N) is 2. The number of hydrogen-bond donors (Lipinski definition) is 3. The van der Waals surface area contributed by atoms with Crippen molar-refractivity contribution in [3.05, 3.63) is 35.8 Å². The van der Waals surface area contributed by atoms with Gasteiger partial charge in [-0.2, -0.15) is 21.6 Å². The number of hydrogen-bond acceptors (Lipinski definition) is 4. The van der Waals surface area contributed by atoms with Gasteiger partial charge in [0.15, 0.2) is 5.03 Å². The minimum absolute atomic E-state index is 0.322. The lowest BCUT2D eigenvalue weighted by molar-refractivity contribution is -0.137. The Hall–Kier alpha value is -2.23. The lowest BCUT2D eigenvalue weighted by Crippen LogP contribution is -2.14. The van der Waals surface area contributed by atoms with E-state index in [9.17, 15) is 26.7 Å². The largest absolute Gasteiger partial charge is 0.506 e. The van der Waals surface area contributed by atoms with Crippen molar-refractivity contribution in [3.8, 4) is 5.75 Å². The number of aromatic nitrogens is 2. The first-order valence-corrected chi connectivity index (χ1v) is 7.02. The van der Waals surface area contributed by atoms with E-state index in [0.717, 1.165) is 12.3 Å². The second kappa shape index (κ2) is 4.95. The number of phenols is 1. The number of phenolic OH excluding ortho intramolecular Hbond substituents is 1. The van der Waals surface area contributed by atoms with Crippen molar-refractivity contribution >= 4 is 15.7 Å². The predicted octanol–water partition coefficient (Wildman–Crippen LogP) is 2.24. The SMILES string of the molecule is Cc1ncc(S(=O)(=O)Nc2cc(C(F)(F)F)ccc2O)[nH]1. The van der Waals surface area contributed by atoms with Crippen LogP contribution in [0.3, 0.4) is 0 Å². The molecule has 0 unspecified atom stereocenters. The first-order valence-electron chi connectivity index (χ1n) is 5.54. The van der Waals surface area contributed by atoms with Gasteiger partial charge in [0, 0.05) is 0 Å². The lowest BCUT2D eigenvalue weighted by Gasteiger charge is -2.12. The van der Waals surface area contributed by atoms with Crippen molar-refractivity contribution in [1.29, 1.82) is 0 Å². The van der Waals surface area contributed by atoms with Crippen molar-refractivity contribution in [3.63, 3.8) is 0 Å². The number of nitrogens with zero attached hydrogens (tertiary/aromatic N) is 1. The maximum absolute atomic E-state index is 12.6. The van der Waals surface area contributed by atoms with Crippen LogP contribution in [0.5, 0.6) is 5.75 Å². The zero-order valence-corrected chi connectivity index (χ0v) is 11.4. The number of alkyl halides is 3. The zero-order valence-electron chi connectivity index (χ0n) is 10.6. The summed E-state index contributed by atoms with van der Waals surface area (Å²) in [7, 11) is -4.17. The molecule has 2 rings (SSSR count). The molecular formula is C11H10F3N3O3S. The molecule has 10 heteroatoms. The molecule has 6 nitrogen and oxygen atoms in total. The summed E-state index contributed by atoms with van der Waals surface area (Å²) in [6.45, 7) is 1.51. The average Bonchev–Trinajstić information content (AvgIpc) is 2.78. The minimum Gasteiger partial charge on any atom is -0.506 e. The third kappa shape index (κ3) is 3.27. The van der Waals surface area contributed by atoms with Gasteiger partial charge in [-0.15, -0.1) is 0 Å². The molecule has 0 saturated heterocycles. The summed E-state index contributed by atoms with van der Waals surface area (Å²) in [6, 6.07) is 1.92. The van der Waals surface area contributed by atoms with E-state index in [0.29, 0.717) is 18.0 Å². The smallest absolute Gasteiger partial charge is 0.416 e. The van der Waals surface area contributed by atoms with E-state index in [-0.39, 0.29) is 5.03 Å². The number of aromatic amines is 1. The molecule has 1 aromatic carbocycles. The summed E-state index contributed by atoms with van der Waals surface area (Å²) >= 11 is 0. The van der Waals surface area contributed by atoms with Gasteiger partial charge < -0.3 is 10.1 Å². The van der Waals surface area contributed by atoms with Crippen LogP contribution in [0.15, 0.2) is 29.4 Å². The number of rotatable bonds is 3. The van der Waals surface area contributed by atoms with E-state index in [1.807, 2.05) is 4.72 Å². The van der Waals surface area contributed by atoms with Crippen LogP contribution in [0.1, 0.15) is 11.4 Å². The molecule has 2 aromatic rings.